The lowest BCUT2D eigenvalue weighted by Gasteiger charge is -2.31. The van der Waals surface area contributed by atoms with Gasteiger partial charge >= 0.3 is 0 Å². The van der Waals surface area contributed by atoms with Crippen LogP contribution in [0.4, 0.5) is 0 Å². The van der Waals surface area contributed by atoms with E-state index in [0.717, 1.165) is 42.3 Å². The van der Waals surface area contributed by atoms with Gasteiger partial charge in [0, 0.05) is 23.6 Å². The average Bonchev–Trinajstić information content (AvgIpc) is 2.93. The summed E-state index contributed by atoms with van der Waals surface area (Å²) in [7, 11) is -3.63. The molecule has 0 spiro atoms. The van der Waals surface area contributed by atoms with E-state index in [1.165, 1.54) is 12.5 Å². The quantitative estimate of drug-likeness (QED) is 0.246. The molecule has 8 nitrogen and oxygen atoms in total. The van der Waals surface area contributed by atoms with Crippen LogP contribution < -0.4 is 10.1 Å². The van der Waals surface area contributed by atoms with Crippen LogP contribution in [0.15, 0.2) is 59.5 Å². The number of piperidine rings is 1. The van der Waals surface area contributed by atoms with E-state index in [1.807, 2.05) is 30.3 Å². The highest BCUT2D eigenvalue weighted by Gasteiger charge is 2.32. The fourth-order valence-electron chi connectivity index (χ4n) is 5.13. The number of rotatable bonds is 8. The number of nitrogens with one attached hydrogen (secondary N) is 1. The van der Waals surface area contributed by atoms with Gasteiger partial charge in [-0.3, -0.25) is 28.4 Å². The van der Waals surface area contributed by atoms with Gasteiger partial charge in [0.05, 0.1) is 17.5 Å². The highest BCUT2D eigenvalue weighted by molar-refractivity contribution is 8.25. The van der Waals surface area contributed by atoms with Crippen LogP contribution in [0.2, 0.25) is 5.02 Å². The molecular weight excluding hydrogens is 540 g/mol. The van der Waals surface area contributed by atoms with Gasteiger partial charge in [-0.25, -0.2) is 0 Å². The first-order valence-corrected chi connectivity index (χ1v) is 15.1. The number of nitrogens with zero attached hydrogens (tertiary/aromatic N) is 1. The second-order valence-electron chi connectivity index (χ2n) is 10.1. The molecule has 0 aromatic heterocycles. The second-order valence-corrected chi connectivity index (χ2v) is 12.6. The molecule has 39 heavy (non-hydrogen) atoms. The van der Waals surface area contributed by atoms with Gasteiger partial charge in [0.15, 0.2) is 0 Å². The lowest BCUT2D eigenvalue weighted by Crippen LogP contribution is -2.41. The van der Waals surface area contributed by atoms with Gasteiger partial charge in [0.2, 0.25) is 5.78 Å². The molecule has 3 aromatic rings. The number of carbonyl (C=O) groups is 3. The number of amides is 1. The summed E-state index contributed by atoms with van der Waals surface area (Å²) in [6.07, 6.45) is 3.96. The maximum Gasteiger partial charge on any atom is 0.296 e. The van der Waals surface area contributed by atoms with Gasteiger partial charge in [-0.1, -0.05) is 48.4 Å². The van der Waals surface area contributed by atoms with Gasteiger partial charge in [-0.15, -0.1) is 0 Å². The number of Topliss-reactive ketones (excluding diaryl/α,β-unsaturated/α-hetero) is 2. The van der Waals surface area contributed by atoms with E-state index in [1.54, 1.807) is 18.2 Å². The number of ketones is 2. The zero-order valence-corrected chi connectivity index (χ0v) is 23.0. The van der Waals surface area contributed by atoms with E-state index in [0.29, 0.717) is 35.9 Å². The third-order valence-corrected chi connectivity index (χ3v) is 9.28. The Morgan fingerprint density at radius 1 is 1.00 bits per heavy atom. The summed E-state index contributed by atoms with van der Waals surface area (Å²) >= 11 is 6.59. The minimum Gasteiger partial charge on any atom is -0.493 e. The van der Waals surface area contributed by atoms with Crippen molar-refractivity contribution in [2.45, 2.75) is 43.2 Å². The molecule has 3 aromatic carbocycles. The molecule has 0 saturated carbocycles. The van der Waals surface area contributed by atoms with Crippen molar-refractivity contribution >= 4 is 50.4 Å². The highest BCUT2D eigenvalue weighted by Crippen LogP contribution is 2.48. The number of likely N-dealkylation sites (tertiary alicyclic amines) is 1. The third kappa shape index (κ3) is 6.28. The maximum atomic E-state index is 12.8. The van der Waals surface area contributed by atoms with Gasteiger partial charge in [0.1, 0.15) is 11.5 Å². The Labute approximate surface area is 233 Å². The first-order chi connectivity index (χ1) is 18.7. The molecule has 0 radical (unpaired) electrons. The van der Waals surface area contributed by atoms with E-state index in [4.69, 9.17) is 16.3 Å². The first-order valence-electron chi connectivity index (χ1n) is 13.0. The number of hydrogen-bond donors (Lipinski definition) is 3. The molecule has 0 bridgehead atoms. The molecule has 2 heterocycles. The molecule has 1 atom stereocenters. The molecule has 3 N–H and O–H groups in total. The standard InChI is InChI=1S/C29H31ClN2O6S/c30-24-16-23-25(10-13-38-27(23)15-21(24)17-32-11-4-1-5-12-32)31-29(35)28(34)26(33)18-39(36,37)22-9-8-19-6-2-3-7-20(19)14-22/h2-3,6-9,14-16,25,36-37H,1,4-5,10-13,17-18H2,(H,31,35)/t25-/m1/s1. The first kappa shape index (κ1) is 27.6. The van der Waals surface area contributed by atoms with Crippen LogP contribution in [0, 0.1) is 0 Å². The zero-order valence-electron chi connectivity index (χ0n) is 21.4. The zero-order chi connectivity index (χ0) is 27.6. The van der Waals surface area contributed by atoms with Crippen LogP contribution in [0.3, 0.4) is 0 Å². The van der Waals surface area contributed by atoms with Crippen molar-refractivity contribution in [1.82, 2.24) is 10.2 Å². The monoisotopic (exact) mass is 570 g/mol. The molecule has 1 fully saturated rings. The van der Waals surface area contributed by atoms with Crippen molar-refractivity contribution in [1.29, 1.82) is 0 Å². The van der Waals surface area contributed by atoms with Gasteiger partial charge in [-0.2, -0.15) is 10.6 Å². The Bertz CT molecular complexity index is 1420. The van der Waals surface area contributed by atoms with Crippen LogP contribution in [-0.4, -0.2) is 56.9 Å². The molecule has 206 valence electrons. The van der Waals surface area contributed by atoms with E-state index >= 15 is 0 Å². The lowest BCUT2D eigenvalue weighted by molar-refractivity contribution is -0.144. The third-order valence-electron chi connectivity index (χ3n) is 7.26. The molecule has 1 amide bonds. The number of halogens is 1. The Morgan fingerprint density at radius 2 is 1.74 bits per heavy atom. The maximum absolute atomic E-state index is 12.8. The van der Waals surface area contributed by atoms with Crippen LogP contribution in [0.1, 0.15) is 42.9 Å². The fourth-order valence-corrected chi connectivity index (χ4v) is 6.63. The topological polar surface area (TPSA) is 116 Å². The van der Waals surface area contributed by atoms with Gasteiger partial charge in [-0.05, 0) is 66.5 Å². The summed E-state index contributed by atoms with van der Waals surface area (Å²) in [5.74, 6) is -3.86. The summed E-state index contributed by atoms with van der Waals surface area (Å²) < 4.78 is 27.2. The van der Waals surface area contributed by atoms with Crippen molar-refractivity contribution in [3.05, 3.63) is 70.7 Å². The largest absolute Gasteiger partial charge is 0.493 e. The molecule has 0 aliphatic carbocycles. The number of benzene rings is 3. The number of ether oxygens (including phenoxy) is 1. The Morgan fingerprint density at radius 3 is 2.51 bits per heavy atom. The number of fused-ring (bicyclic) bond motifs is 2. The highest BCUT2D eigenvalue weighted by atomic mass is 35.5. The van der Waals surface area contributed by atoms with Crippen molar-refractivity contribution in [3.8, 4) is 5.75 Å². The fraction of sp³-hybridized carbons (Fsp3) is 0.345. The van der Waals surface area contributed by atoms with E-state index in [2.05, 4.69) is 10.2 Å². The molecule has 0 unspecified atom stereocenters. The van der Waals surface area contributed by atoms with Crippen molar-refractivity contribution in [2.24, 2.45) is 0 Å². The summed E-state index contributed by atoms with van der Waals surface area (Å²) in [4.78, 5) is 40.6. The summed E-state index contributed by atoms with van der Waals surface area (Å²) in [6, 6.07) is 15.2. The van der Waals surface area contributed by atoms with Crippen LogP contribution in [-0.2, 0) is 20.9 Å². The minimum atomic E-state index is -3.63. The molecule has 2 aliphatic heterocycles. The lowest BCUT2D eigenvalue weighted by atomic mass is 9.98. The van der Waals surface area contributed by atoms with Gasteiger partial charge in [0.25, 0.3) is 11.7 Å². The molecule has 1 saturated heterocycles. The molecular formula is C29H31ClN2O6S. The SMILES string of the molecule is O=C(CS(O)(O)c1ccc2ccccc2c1)C(=O)C(=O)N[C@@H]1CCOc2cc(CN3CCCCC3)c(Cl)cc21. The van der Waals surface area contributed by atoms with Crippen molar-refractivity contribution < 1.29 is 28.2 Å². The number of hydrogen-bond acceptors (Lipinski definition) is 7. The average molecular weight is 571 g/mol. The predicted octanol–water partition coefficient (Wildman–Crippen LogP) is 5.37. The van der Waals surface area contributed by atoms with E-state index < -0.39 is 39.9 Å². The van der Waals surface area contributed by atoms with Crippen molar-refractivity contribution in [3.63, 3.8) is 0 Å². The molecule has 2 aliphatic rings. The second kappa shape index (κ2) is 11.7. The summed E-state index contributed by atoms with van der Waals surface area (Å²) in [6.45, 7) is 3.08. The van der Waals surface area contributed by atoms with Gasteiger partial charge < -0.3 is 10.1 Å². The minimum absolute atomic E-state index is 0.135. The summed E-state index contributed by atoms with van der Waals surface area (Å²) in [5.41, 5.74) is 1.58. The van der Waals surface area contributed by atoms with E-state index in [-0.39, 0.29) is 4.90 Å². The Kier molecular flexibility index (Phi) is 8.25. The van der Waals surface area contributed by atoms with Crippen LogP contribution in [0.5, 0.6) is 5.75 Å². The van der Waals surface area contributed by atoms with Crippen molar-refractivity contribution in [2.75, 3.05) is 25.4 Å². The Hall–Kier alpha value is -2.95. The summed E-state index contributed by atoms with van der Waals surface area (Å²) in [5, 5.41) is 4.84. The van der Waals surface area contributed by atoms with E-state index in [9.17, 15) is 23.5 Å². The predicted molar refractivity (Wildman–Crippen MR) is 152 cm³/mol. The molecule has 5 rings (SSSR count). The smallest absolute Gasteiger partial charge is 0.296 e. The Balaban J connectivity index is 1.25. The molecule has 10 heteroatoms. The van der Waals surface area contributed by atoms with Crippen LogP contribution in [0.25, 0.3) is 10.8 Å². The number of carbonyl (C=O) groups excluding carboxylic acids is 3. The normalized spacial score (nSPS) is 18.2. The van der Waals surface area contributed by atoms with Crippen LogP contribution >= 0.6 is 22.2 Å².